The molecule has 0 saturated carbocycles. The Labute approximate surface area is 138 Å². The van der Waals surface area contributed by atoms with Crippen molar-refractivity contribution in [2.75, 3.05) is 39.2 Å². The van der Waals surface area contributed by atoms with Gasteiger partial charge in [0, 0.05) is 25.2 Å². The number of benzene rings is 1. The fraction of sp³-hybridized carbons (Fsp3) is 0.467. The molecule has 1 aromatic carbocycles. The molecular weight excluding hydrogens is 316 g/mol. The standard InChI is InChI=1S/C15H20N4O3S/c1-18(2)9-7-19(8-9)11-4-10-13(5-12(11)22-3)23-14(17-10)6-16-15(20)21/h4-5,9,16H,6-8H2,1-3H3,(H,20,21). The summed E-state index contributed by atoms with van der Waals surface area (Å²) < 4.78 is 6.53. The fourth-order valence-corrected chi connectivity index (χ4v) is 3.53. The summed E-state index contributed by atoms with van der Waals surface area (Å²) in [7, 11) is 5.84. The summed E-state index contributed by atoms with van der Waals surface area (Å²) in [5.41, 5.74) is 1.92. The van der Waals surface area contributed by atoms with Crippen molar-refractivity contribution in [1.29, 1.82) is 0 Å². The Morgan fingerprint density at radius 3 is 2.87 bits per heavy atom. The van der Waals surface area contributed by atoms with E-state index in [1.54, 1.807) is 7.11 Å². The van der Waals surface area contributed by atoms with Gasteiger partial charge >= 0.3 is 6.09 Å². The number of nitrogens with zero attached hydrogens (tertiary/aromatic N) is 3. The first-order chi connectivity index (χ1) is 11.0. The van der Waals surface area contributed by atoms with Crippen molar-refractivity contribution in [1.82, 2.24) is 15.2 Å². The molecule has 0 radical (unpaired) electrons. The normalized spacial score (nSPS) is 15.0. The van der Waals surface area contributed by atoms with Crippen LogP contribution >= 0.6 is 11.3 Å². The van der Waals surface area contributed by atoms with Gasteiger partial charge in [0.15, 0.2) is 0 Å². The molecule has 124 valence electrons. The Bertz CT molecular complexity index is 725. The van der Waals surface area contributed by atoms with Gasteiger partial charge in [0.1, 0.15) is 10.8 Å². The number of hydrogen-bond acceptors (Lipinski definition) is 6. The summed E-state index contributed by atoms with van der Waals surface area (Å²) in [6.07, 6.45) is -1.04. The fourth-order valence-electron chi connectivity index (χ4n) is 2.61. The van der Waals surface area contributed by atoms with Gasteiger partial charge in [-0.15, -0.1) is 11.3 Å². The molecule has 3 rings (SSSR count). The van der Waals surface area contributed by atoms with Crippen LogP contribution in [0, 0.1) is 0 Å². The molecule has 2 heterocycles. The molecule has 1 aliphatic heterocycles. The molecule has 2 N–H and O–H groups in total. The van der Waals surface area contributed by atoms with Crippen LogP contribution in [-0.4, -0.2) is 61.4 Å². The van der Waals surface area contributed by atoms with Crippen molar-refractivity contribution < 1.29 is 14.6 Å². The molecule has 0 aliphatic carbocycles. The number of thiazole rings is 1. The Morgan fingerprint density at radius 2 is 2.26 bits per heavy atom. The number of anilines is 1. The van der Waals surface area contributed by atoms with Gasteiger partial charge in [-0.3, -0.25) is 0 Å². The maximum atomic E-state index is 10.6. The number of methoxy groups -OCH3 is 1. The molecule has 1 saturated heterocycles. The summed E-state index contributed by atoms with van der Waals surface area (Å²) in [4.78, 5) is 19.6. The van der Waals surface area contributed by atoms with Gasteiger partial charge in [0.05, 0.1) is 29.6 Å². The van der Waals surface area contributed by atoms with E-state index >= 15 is 0 Å². The monoisotopic (exact) mass is 336 g/mol. The second-order valence-corrected chi connectivity index (χ2v) is 6.90. The van der Waals surface area contributed by atoms with Gasteiger partial charge in [0.25, 0.3) is 0 Å². The summed E-state index contributed by atoms with van der Waals surface area (Å²) in [6, 6.07) is 4.57. The third-order valence-electron chi connectivity index (χ3n) is 4.06. The van der Waals surface area contributed by atoms with Crippen LogP contribution in [0.15, 0.2) is 12.1 Å². The second kappa shape index (κ2) is 6.21. The Balaban J connectivity index is 1.85. The number of hydrogen-bond donors (Lipinski definition) is 2. The van der Waals surface area contributed by atoms with Gasteiger partial charge in [-0.2, -0.15) is 0 Å². The van der Waals surface area contributed by atoms with E-state index in [4.69, 9.17) is 9.84 Å². The SMILES string of the molecule is COc1cc2sc(CNC(=O)O)nc2cc1N1CC(N(C)C)C1. The van der Waals surface area contributed by atoms with E-state index in [1.165, 1.54) is 11.3 Å². The molecule has 0 spiro atoms. The van der Waals surface area contributed by atoms with Gasteiger partial charge < -0.3 is 25.0 Å². The minimum Gasteiger partial charge on any atom is -0.495 e. The van der Waals surface area contributed by atoms with Crippen molar-refractivity contribution in [2.24, 2.45) is 0 Å². The largest absolute Gasteiger partial charge is 0.495 e. The quantitative estimate of drug-likeness (QED) is 0.867. The van der Waals surface area contributed by atoms with Crippen LogP contribution in [0.3, 0.4) is 0 Å². The zero-order valence-electron chi connectivity index (χ0n) is 13.4. The van der Waals surface area contributed by atoms with Gasteiger partial charge in [-0.05, 0) is 20.2 Å². The highest BCUT2D eigenvalue weighted by molar-refractivity contribution is 7.18. The maximum absolute atomic E-state index is 10.6. The van der Waals surface area contributed by atoms with E-state index in [9.17, 15) is 4.79 Å². The minimum absolute atomic E-state index is 0.221. The van der Waals surface area contributed by atoms with E-state index < -0.39 is 6.09 Å². The van der Waals surface area contributed by atoms with Gasteiger partial charge in [-0.25, -0.2) is 9.78 Å². The first-order valence-corrected chi connectivity index (χ1v) is 8.15. The second-order valence-electron chi connectivity index (χ2n) is 5.78. The summed E-state index contributed by atoms with van der Waals surface area (Å²) in [6.45, 7) is 2.15. The van der Waals surface area contributed by atoms with Crippen LogP contribution in [-0.2, 0) is 6.54 Å². The smallest absolute Gasteiger partial charge is 0.405 e. The molecule has 7 nitrogen and oxygen atoms in total. The lowest BCUT2D eigenvalue weighted by Crippen LogP contribution is -2.57. The molecule has 2 aromatic rings. The lowest BCUT2D eigenvalue weighted by Gasteiger charge is -2.44. The average molecular weight is 336 g/mol. The van der Waals surface area contributed by atoms with Gasteiger partial charge in [0.2, 0.25) is 0 Å². The van der Waals surface area contributed by atoms with Crippen LogP contribution in [0.4, 0.5) is 10.5 Å². The van der Waals surface area contributed by atoms with Crippen molar-refractivity contribution in [3.05, 3.63) is 17.1 Å². The van der Waals surface area contributed by atoms with Crippen molar-refractivity contribution >= 4 is 33.3 Å². The number of carbonyl (C=O) groups is 1. The minimum atomic E-state index is -1.04. The van der Waals surface area contributed by atoms with E-state index in [0.29, 0.717) is 6.04 Å². The first kappa shape index (κ1) is 15.8. The molecular formula is C15H20N4O3S. The highest BCUT2D eigenvalue weighted by Crippen LogP contribution is 2.37. The molecule has 8 heteroatoms. The molecule has 1 aromatic heterocycles. The summed E-state index contributed by atoms with van der Waals surface area (Å²) in [5, 5.41) is 11.8. The predicted octanol–water partition coefficient (Wildman–Crippen LogP) is 1.82. The van der Waals surface area contributed by atoms with Crippen LogP contribution in [0.1, 0.15) is 5.01 Å². The van der Waals surface area contributed by atoms with Crippen molar-refractivity contribution in [3.8, 4) is 5.75 Å². The van der Waals surface area contributed by atoms with Crippen LogP contribution in [0.5, 0.6) is 5.75 Å². The number of aromatic nitrogens is 1. The molecule has 0 atom stereocenters. The van der Waals surface area contributed by atoms with Gasteiger partial charge in [-0.1, -0.05) is 0 Å². The maximum Gasteiger partial charge on any atom is 0.405 e. The zero-order chi connectivity index (χ0) is 16.6. The van der Waals surface area contributed by atoms with Crippen LogP contribution in [0.2, 0.25) is 0 Å². The molecule has 1 fully saturated rings. The average Bonchev–Trinajstić information content (AvgIpc) is 2.84. The van der Waals surface area contributed by atoms with Crippen molar-refractivity contribution in [2.45, 2.75) is 12.6 Å². The molecule has 0 unspecified atom stereocenters. The number of nitrogens with one attached hydrogen (secondary N) is 1. The number of amides is 1. The molecule has 0 bridgehead atoms. The Morgan fingerprint density at radius 1 is 1.52 bits per heavy atom. The lowest BCUT2D eigenvalue weighted by molar-refractivity contribution is 0.194. The molecule has 23 heavy (non-hydrogen) atoms. The Hall–Kier alpha value is -2.06. The number of ether oxygens (including phenoxy) is 1. The van der Waals surface area contributed by atoms with Crippen LogP contribution in [0.25, 0.3) is 10.2 Å². The number of rotatable bonds is 5. The third kappa shape index (κ3) is 3.18. The van der Waals surface area contributed by atoms with Crippen LogP contribution < -0.4 is 15.0 Å². The van der Waals surface area contributed by atoms with Crippen molar-refractivity contribution in [3.63, 3.8) is 0 Å². The van der Waals surface area contributed by atoms with E-state index in [2.05, 4.69) is 34.2 Å². The first-order valence-electron chi connectivity index (χ1n) is 7.33. The predicted molar refractivity (Wildman–Crippen MR) is 90.7 cm³/mol. The lowest BCUT2D eigenvalue weighted by atomic mass is 10.1. The highest BCUT2D eigenvalue weighted by atomic mass is 32.1. The topological polar surface area (TPSA) is 77.9 Å². The van der Waals surface area contributed by atoms with E-state index in [0.717, 1.165) is 39.8 Å². The number of carboxylic acid groups (broad SMARTS) is 1. The summed E-state index contributed by atoms with van der Waals surface area (Å²) in [5.74, 6) is 0.830. The zero-order valence-corrected chi connectivity index (χ0v) is 14.2. The molecule has 1 amide bonds. The highest BCUT2D eigenvalue weighted by Gasteiger charge is 2.30. The van der Waals surface area contributed by atoms with E-state index in [1.807, 2.05) is 12.1 Å². The summed E-state index contributed by atoms with van der Waals surface area (Å²) >= 11 is 1.48. The molecule has 1 aliphatic rings. The number of likely N-dealkylation sites (N-methyl/N-ethyl adjacent to an activating group) is 1. The Kier molecular flexibility index (Phi) is 4.27. The number of fused-ring (bicyclic) bond motifs is 1. The third-order valence-corrected chi connectivity index (χ3v) is 5.08. The van der Waals surface area contributed by atoms with E-state index in [-0.39, 0.29) is 6.54 Å².